The Balaban J connectivity index is 0.00000338. The van der Waals surface area contributed by atoms with E-state index in [2.05, 4.69) is 15.6 Å². The third-order valence-corrected chi connectivity index (χ3v) is 4.50. The van der Waals surface area contributed by atoms with Gasteiger partial charge in [-0.25, -0.2) is 9.38 Å². The standard InChI is InChI=1S/C18H28FN3O3.HI/c1-2-20-17(22-12-18(5-7-23)6-8-25-13-18)21-10-14-3-4-16(19)15(9-14)11-24;/h3-4,9,23-24H,2,5-8,10-13H2,1H3,(H2,20,21,22);1H. The van der Waals surface area contributed by atoms with Gasteiger partial charge in [-0.05, 0) is 37.5 Å². The van der Waals surface area contributed by atoms with Crippen LogP contribution in [-0.2, 0) is 17.9 Å². The summed E-state index contributed by atoms with van der Waals surface area (Å²) in [5.41, 5.74) is 1.04. The number of aliphatic imine (C=N–C) groups is 1. The molecule has 148 valence electrons. The van der Waals surface area contributed by atoms with Crippen molar-refractivity contribution in [3.63, 3.8) is 0 Å². The number of halogens is 2. The molecule has 1 heterocycles. The van der Waals surface area contributed by atoms with Crippen LogP contribution in [0.3, 0.4) is 0 Å². The summed E-state index contributed by atoms with van der Waals surface area (Å²) in [6.45, 7) is 4.93. The summed E-state index contributed by atoms with van der Waals surface area (Å²) in [5.74, 6) is 0.258. The first-order valence-electron chi connectivity index (χ1n) is 8.71. The number of hydrogen-bond acceptors (Lipinski definition) is 4. The topological polar surface area (TPSA) is 86.1 Å². The van der Waals surface area contributed by atoms with Gasteiger partial charge in [-0.1, -0.05) is 6.07 Å². The van der Waals surface area contributed by atoms with Crippen molar-refractivity contribution in [1.29, 1.82) is 0 Å². The Bertz CT molecular complexity index is 581. The van der Waals surface area contributed by atoms with Crippen molar-refractivity contribution in [2.45, 2.75) is 32.9 Å². The van der Waals surface area contributed by atoms with Crippen molar-refractivity contribution < 1.29 is 19.3 Å². The van der Waals surface area contributed by atoms with Gasteiger partial charge in [0, 0.05) is 37.3 Å². The molecule has 0 saturated carbocycles. The molecule has 0 bridgehead atoms. The van der Waals surface area contributed by atoms with Gasteiger partial charge < -0.3 is 25.6 Å². The second kappa shape index (κ2) is 11.7. The van der Waals surface area contributed by atoms with E-state index in [9.17, 15) is 9.50 Å². The van der Waals surface area contributed by atoms with Gasteiger partial charge >= 0.3 is 0 Å². The van der Waals surface area contributed by atoms with Crippen LogP contribution in [0.5, 0.6) is 0 Å². The first-order chi connectivity index (χ1) is 12.1. The van der Waals surface area contributed by atoms with Crippen LogP contribution in [-0.4, -0.2) is 49.1 Å². The van der Waals surface area contributed by atoms with E-state index < -0.39 is 5.82 Å². The van der Waals surface area contributed by atoms with Gasteiger partial charge in [0.2, 0.25) is 0 Å². The van der Waals surface area contributed by atoms with E-state index in [4.69, 9.17) is 9.84 Å². The Morgan fingerprint density at radius 1 is 1.35 bits per heavy atom. The number of benzene rings is 1. The van der Waals surface area contributed by atoms with Crippen molar-refractivity contribution in [2.75, 3.05) is 32.9 Å². The van der Waals surface area contributed by atoms with Crippen LogP contribution < -0.4 is 10.6 Å². The summed E-state index contributed by atoms with van der Waals surface area (Å²) in [4.78, 5) is 4.53. The van der Waals surface area contributed by atoms with Crippen LogP contribution in [0.4, 0.5) is 4.39 Å². The molecule has 1 atom stereocenters. The lowest BCUT2D eigenvalue weighted by Crippen LogP contribution is -2.44. The highest BCUT2D eigenvalue weighted by molar-refractivity contribution is 14.0. The smallest absolute Gasteiger partial charge is 0.191 e. The first-order valence-corrected chi connectivity index (χ1v) is 8.71. The number of aliphatic hydroxyl groups is 2. The summed E-state index contributed by atoms with van der Waals surface area (Å²) in [7, 11) is 0. The average molecular weight is 481 g/mol. The fourth-order valence-electron chi connectivity index (χ4n) is 2.94. The van der Waals surface area contributed by atoms with Gasteiger partial charge in [0.05, 0.1) is 19.8 Å². The summed E-state index contributed by atoms with van der Waals surface area (Å²) >= 11 is 0. The van der Waals surface area contributed by atoms with Crippen molar-refractivity contribution in [3.05, 3.63) is 35.1 Å². The summed E-state index contributed by atoms with van der Waals surface area (Å²) in [6, 6.07) is 4.64. The fraction of sp³-hybridized carbons (Fsp3) is 0.611. The van der Waals surface area contributed by atoms with Gasteiger partial charge in [-0.3, -0.25) is 0 Å². The molecule has 0 aromatic heterocycles. The lowest BCUT2D eigenvalue weighted by molar-refractivity contribution is 0.127. The Hall–Kier alpha value is -0.970. The van der Waals surface area contributed by atoms with Crippen molar-refractivity contribution in [1.82, 2.24) is 10.6 Å². The van der Waals surface area contributed by atoms with Crippen LogP contribution in [0, 0.1) is 11.2 Å². The zero-order valence-electron chi connectivity index (χ0n) is 15.1. The van der Waals surface area contributed by atoms with Crippen LogP contribution in [0.15, 0.2) is 23.2 Å². The van der Waals surface area contributed by atoms with E-state index in [1.54, 1.807) is 12.1 Å². The molecule has 1 aromatic rings. The summed E-state index contributed by atoms with van der Waals surface area (Å²) in [6.07, 6.45) is 1.61. The van der Waals surface area contributed by atoms with E-state index >= 15 is 0 Å². The normalized spacial score (nSPS) is 19.9. The summed E-state index contributed by atoms with van der Waals surface area (Å²) < 4.78 is 18.9. The van der Waals surface area contributed by atoms with Crippen LogP contribution in [0.1, 0.15) is 30.9 Å². The molecule has 0 spiro atoms. The number of nitrogens with one attached hydrogen (secondary N) is 2. The van der Waals surface area contributed by atoms with Crippen molar-refractivity contribution in [2.24, 2.45) is 10.4 Å². The molecule has 6 nitrogen and oxygen atoms in total. The Labute approximate surface area is 171 Å². The molecule has 4 N–H and O–H groups in total. The monoisotopic (exact) mass is 481 g/mol. The molecule has 8 heteroatoms. The van der Waals surface area contributed by atoms with E-state index in [-0.39, 0.29) is 48.2 Å². The minimum Gasteiger partial charge on any atom is -0.396 e. The van der Waals surface area contributed by atoms with E-state index in [0.29, 0.717) is 32.1 Å². The molecule has 1 unspecified atom stereocenters. The third-order valence-electron chi connectivity index (χ3n) is 4.50. The second-order valence-electron chi connectivity index (χ2n) is 6.41. The molecular formula is C18H29FIN3O3. The third kappa shape index (κ3) is 6.64. The molecule has 0 aliphatic carbocycles. The van der Waals surface area contributed by atoms with Crippen molar-refractivity contribution in [3.8, 4) is 0 Å². The zero-order chi connectivity index (χ0) is 18.1. The molecule has 0 amide bonds. The molecule has 1 aliphatic heterocycles. The summed E-state index contributed by atoms with van der Waals surface area (Å²) in [5, 5.41) is 25.0. The van der Waals surface area contributed by atoms with E-state index in [0.717, 1.165) is 25.1 Å². The predicted molar refractivity (Wildman–Crippen MR) is 110 cm³/mol. The van der Waals surface area contributed by atoms with Crippen LogP contribution in [0.25, 0.3) is 0 Å². The molecule has 0 radical (unpaired) electrons. The molecule has 1 aliphatic rings. The second-order valence-corrected chi connectivity index (χ2v) is 6.41. The Morgan fingerprint density at radius 2 is 2.15 bits per heavy atom. The van der Waals surface area contributed by atoms with Gasteiger partial charge in [0.25, 0.3) is 0 Å². The fourth-order valence-corrected chi connectivity index (χ4v) is 2.94. The van der Waals surface area contributed by atoms with Gasteiger partial charge in [-0.2, -0.15) is 0 Å². The molecule has 1 saturated heterocycles. The van der Waals surface area contributed by atoms with Gasteiger partial charge in [-0.15, -0.1) is 24.0 Å². The quantitative estimate of drug-likeness (QED) is 0.259. The zero-order valence-corrected chi connectivity index (χ0v) is 17.5. The first kappa shape index (κ1) is 23.1. The Kier molecular flexibility index (Phi) is 10.4. The number of rotatable bonds is 8. The van der Waals surface area contributed by atoms with Gasteiger partial charge in [0.15, 0.2) is 5.96 Å². The minimum atomic E-state index is -0.410. The molecule has 1 fully saturated rings. The highest BCUT2D eigenvalue weighted by Gasteiger charge is 2.34. The number of ether oxygens (including phenoxy) is 1. The van der Waals surface area contributed by atoms with E-state index in [1.165, 1.54) is 6.07 Å². The highest BCUT2D eigenvalue weighted by atomic mass is 127. The van der Waals surface area contributed by atoms with Crippen LogP contribution >= 0.6 is 24.0 Å². The molecule has 26 heavy (non-hydrogen) atoms. The maximum atomic E-state index is 13.4. The maximum absolute atomic E-state index is 13.4. The Morgan fingerprint density at radius 3 is 2.77 bits per heavy atom. The van der Waals surface area contributed by atoms with E-state index in [1.807, 2.05) is 6.92 Å². The number of aliphatic hydroxyl groups excluding tert-OH is 2. The predicted octanol–water partition coefficient (Wildman–Crippen LogP) is 1.78. The van der Waals surface area contributed by atoms with Gasteiger partial charge in [0.1, 0.15) is 5.82 Å². The molecule has 2 rings (SSSR count). The molecule has 1 aromatic carbocycles. The minimum absolute atomic E-state index is 0. The number of hydrogen-bond donors (Lipinski definition) is 4. The van der Waals surface area contributed by atoms with Crippen molar-refractivity contribution >= 4 is 29.9 Å². The number of nitrogens with zero attached hydrogens (tertiary/aromatic N) is 1. The largest absolute Gasteiger partial charge is 0.396 e. The SMILES string of the molecule is CCNC(=NCc1ccc(F)c(CO)c1)NCC1(CCO)CCOC1.I. The van der Waals surface area contributed by atoms with Crippen LogP contribution in [0.2, 0.25) is 0 Å². The molecular weight excluding hydrogens is 452 g/mol. The lowest BCUT2D eigenvalue weighted by Gasteiger charge is -2.27. The lowest BCUT2D eigenvalue weighted by atomic mass is 9.84. The maximum Gasteiger partial charge on any atom is 0.191 e. The number of guanidine groups is 1. The average Bonchev–Trinajstić information content (AvgIpc) is 3.07. The highest BCUT2D eigenvalue weighted by Crippen LogP contribution is 2.31.